The maximum Gasteiger partial charge on any atom is 0.265 e. The van der Waals surface area contributed by atoms with E-state index in [9.17, 15) is 4.79 Å². The van der Waals surface area contributed by atoms with Crippen LogP contribution in [0.4, 0.5) is 0 Å². The average molecular weight is 275 g/mol. The Balaban J connectivity index is 2.47. The largest absolute Gasteiger partial charge is 0.363 e. The van der Waals surface area contributed by atoms with Crippen molar-refractivity contribution in [3.63, 3.8) is 0 Å². The molecule has 0 radical (unpaired) electrons. The second kappa shape index (κ2) is 4.55. The fourth-order valence-electron chi connectivity index (χ4n) is 2.21. The number of hydrogen-bond donors (Lipinski definition) is 0. The van der Waals surface area contributed by atoms with Crippen molar-refractivity contribution in [1.29, 1.82) is 0 Å². The van der Waals surface area contributed by atoms with E-state index in [2.05, 4.69) is 5.16 Å². The number of rotatable bonds is 2. The van der Waals surface area contributed by atoms with Crippen molar-refractivity contribution in [2.75, 3.05) is 0 Å². The Kier molecular flexibility index (Phi) is 2.87. The van der Waals surface area contributed by atoms with E-state index < -0.39 is 0 Å². The molecule has 0 N–H and O–H groups in total. The van der Waals surface area contributed by atoms with Gasteiger partial charge in [0.25, 0.3) is 5.56 Å². The highest BCUT2D eigenvalue weighted by Crippen LogP contribution is 2.22. The van der Waals surface area contributed by atoms with Gasteiger partial charge in [0.2, 0.25) is 0 Å². The number of hydrogen-bond acceptors (Lipinski definition) is 3. The Morgan fingerprint density at radius 2 is 2.21 bits per heavy atom. The highest BCUT2D eigenvalue weighted by atomic mass is 35.5. The van der Waals surface area contributed by atoms with Crippen LogP contribution in [-0.2, 0) is 6.42 Å². The fourth-order valence-corrected chi connectivity index (χ4v) is 2.47. The van der Waals surface area contributed by atoms with Crippen LogP contribution in [0.1, 0.15) is 12.6 Å². The van der Waals surface area contributed by atoms with Crippen LogP contribution in [0, 0.1) is 0 Å². The van der Waals surface area contributed by atoms with Crippen molar-refractivity contribution in [2.24, 2.45) is 0 Å². The van der Waals surface area contributed by atoms with Gasteiger partial charge in [-0.2, -0.15) is 0 Å². The molecular weight excluding hydrogens is 264 g/mol. The predicted octanol–water partition coefficient (Wildman–Crippen LogP) is 3.19. The molecule has 0 fully saturated rings. The highest BCUT2D eigenvalue weighted by Gasteiger charge is 2.13. The Labute approximate surface area is 114 Å². The van der Waals surface area contributed by atoms with E-state index in [1.54, 1.807) is 12.1 Å². The molecule has 1 aromatic carbocycles. The van der Waals surface area contributed by atoms with Crippen molar-refractivity contribution >= 4 is 22.4 Å². The van der Waals surface area contributed by atoms with E-state index >= 15 is 0 Å². The molecular formula is C14H11ClN2O2. The minimum absolute atomic E-state index is 0.172. The third-order valence-corrected chi connectivity index (χ3v) is 3.40. The second-order valence-electron chi connectivity index (χ2n) is 4.19. The van der Waals surface area contributed by atoms with Crippen LogP contribution in [-0.4, -0.2) is 9.72 Å². The Morgan fingerprint density at radius 3 is 2.89 bits per heavy atom. The molecule has 0 unspecified atom stereocenters. The minimum Gasteiger partial charge on any atom is -0.363 e. The smallest absolute Gasteiger partial charge is 0.265 e. The number of aromatic nitrogens is 2. The first-order valence-corrected chi connectivity index (χ1v) is 6.34. The summed E-state index contributed by atoms with van der Waals surface area (Å²) in [5.41, 5.74) is 0.697. The zero-order chi connectivity index (χ0) is 13.4. The van der Waals surface area contributed by atoms with E-state index in [0.29, 0.717) is 22.6 Å². The Hall–Kier alpha value is -2.07. The van der Waals surface area contributed by atoms with Crippen molar-refractivity contribution in [2.45, 2.75) is 13.3 Å². The summed E-state index contributed by atoms with van der Waals surface area (Å²) < 4.78 is 6.36. The van der Waals surface area contributed by atoms with Crippen LogP contribution in [0.15, 0.2) is 45.9 Å². The maximum atomic E-state index is 12.6. The zero-order valence-corrected chi connectivity index (χ0v) is 11.0. The molecule has 3 rings (SSSR count). The molecule has 2 heterocycles. The molecule has 4 nitrogen and oxygen atoms in total. The minimum atomic E-state index is -0.172. The van der Waals surface area contributed by atoms with Crippen LogP contribution >= 0.6 is 11.6 Å². The summed E-state index contributed by atoms with van der Waals surface area (Å²) in [6.45, 7) is 1.99. The lowest BCUT2D eigenvalue weighted by molar-refractivity contribution is 0.416. The van der Waals surface area contributed by atoms with Gasteiger partial charge in [0.1, 0.15) is 6.26 Å². The van der Waals surface area contributed by atoms with Crippen LogP contribution in [0.25, 0.3) is 16.6 Å². The average Bonchev–Trinajstić information content (AvgIpc) is 2.91. The number of pyridine rings is 1. The van der Waals surface area contributed by atoms with E-state index in [-0.39, 0.29) is 5.56 Å². The molecule has 0 aliphatic carbocycles. The third-order valence-electron chi connectivity index (χ3n) is 3.09. The Morgan fingerprint density at radius 1 is 1.37 bits per heavy atom. The zero-order valence-electron chi connectivity index (χ0n) is 10.3. The number of aryl methyl sites for hydroxylation is 1. The van der Waals surface area contributed by atoms with Crippen LogP contribution < -0.4 is 5.56 Å². The Bertz CT molecular complexity index is 791. The summed E-state index contributed by atoms with van der Waals surface area (Å²) >= 11 is 6.13. The van der Waals surface area contributed by atoms with Crippen molar-refractivity contribution in [3.05, 3.63) is 57.7 Å². The van der Waals surface area contributed by atoms with Crippen LogP contribution in [0.2, 0.25) is 5.02 Å². The number of nitrogens with zero attached hydrogens (tertiary/aromatic N) is 2. The maximum absolute atomic E-state index is 12.6. The number of fused-ring (bicyclic) bond motifs is 1. The molecule has 0 saturated heterocycles. The molecule has 0 atom stereocenters. The predicted molar refractivity (Wildman–Crippen MR) is 74.0 cm³/mol. The first-order valence-electron chi connectivity index (χ1n) is 5.96. The lowest BCUT2D eigenvalue weighted by atomic mass is 10.1. The van der Waals surface area contributed by atoms with Gasteiger partial charge < -0.3 is 4.52 Å². The monoisotopic (exact) mass is 274 g/mol. The lowest BCUT2D eigenvalue weighted by Gasteiger charge is -2.11. The van der Waals surface area contributed by atoms with Gasteiger partial charge in [-0.25, -0.2) is 0 Å². The summed E-state index contributed by atoms with van der Waals surface area (Å²) in [4.78, 5) is 12.6. The van der Waals surface area contributed by atoms with Crippen molar-refractivity contribution in [3.8, 4) is 5.82 Å². The first kappa shape index (κ1) is 12.0. The van der Waals surface area contributed by atoms with Crippen molar-refractivity contribution in [1.82, 2.24) is 9.72 Å². The molecule has 0 saturated carbocycles. The van der Waals surface area contributed by atoms with Gasteiger partial charge in [-0.05, 0) is 23.9 Å². The molecule has 19 heavy (non-hydrogen) atoms. The number of benzene rings is 1. The molecule has 0 aliphatic heterocycles. The molecule has 96 valence electrons. The van der Waals surface area contributed by atoms with Crippen molar-refractivity contribution < 1.29 is 4.52 Å². The standard InChI is InChI=1S/C14H11ClN2O2/c1-2-10-8-9-4-3-5-11(15)13(9)14(18)17(10)12-6-7-19-16-12/h3-8H,2H2,1H3. The van der Waals surface area contributed by atoms with Crippen LogP contribution in [0.5, 0.6) is 0 Å². The topological polar surface area (TPSA) is 48.0 Å². The normalized spacial score (nSPS) is 11.1. The van der Waals surface area contributed by atoms with Gasteiger partial charge >= 0.3 is 0 Å². The molecule has 0 aliphatic rings. The first-order chi connectivity index (χ1) is 9.22. The summed E-state index contributed by atoms with van der Waals surface area (Å²) in [5.74, 6) is 0.476. The van der Waals surface area contributed by atoms with E-state index in [1.807, 2.05) is 25.1 Å². The fraction of sp³-hybridized carbons (Fsp3) is 0.143. The second-order valence-corrected chi connectivity index (χ2v) is 4.60. The van der Waals surface area contributed by atoms with Gasteiger partial charge in [0, 0.05) is 11.8 Å². The molecule has 3 aromatic rings. The van der Waals surface area contributed by atoms with Gasteiger partial charge in [-0.15, -0.1) is 0 Å². The molecule has 2 aromatic heterocycles. The van der Waals surface area contributed by atoms with E-state index in [4.69, 9.17) is 16.1 Å². The van der Waals surface area contributed by atoms with Crippen LogP contribution in [0.3, 0.4) is 0 Å². The van der Waals surface area contributed by atoms with E-state index in [0.717, 1.165) is 11.1 Å². The quantitative estimate of drug-likeness (QED) is 0.721. The molecule has 0 bridgehead atoms. The lowest BCUT2D eigenvalue weighted by Crippen LogP contribution is -2.22. The van der Waals surface area contributed by atoms with Gasteiger partial charge in [0.05, 0.1) is 10.4 Å². The number of halogens is 1. The highest BCUT2D eigenvalue weighted by molar-refractivity contribution is 6.35. The molecule has 5 heteroatoms. The molecule has 0 amide bonds. The summed E-state index contributed by atoms with van der Waals surface area (Å²) in [7, 11) is 0. The van der Waals surface area contributed by atoms with E-state index in [1.165, 1.54) is 10.8 Å². The van der Waals surface area contributed by atoms with Gasteiger partial charge in [-0.1, -0.05) is 35.8 Å². The van der Waals surface area contributed by atoms with Gasteiger partial charge in [0.15, 0.2) is 5.82 Å². The summed E-state index contributed by atoms with van der Waals surface area (Å²) in [6.07, 6.45) is 2.16. The third kappa shape index (κ3) is 1.85. The summed E-state index contributed by atoms with van der Waals surface area (Å²) in [5, 5.41) is 5.63. The summed E-state index contributed by atoms with van der Waals surface area (Å²) in [6, 6.07) is 9.05. The SMILES string of the molecule is CCc1cc2cccc(Cl)c2c(=O)n1-c1ccon1. The van der Waals surface area contributed by atoms with Gasteiger partial charge in [-0.3, -0.25) is 9.36 Å². The molecule has 0 spiro atoms.